The molecule has 2 aromatic carbocycles. The third kappa shape index (κ3) is 4.70. The molecular weight excluding hydrogens is 407 g/mol. The predicted molar refractivity (Wildman–Crippen MR) is 115 cm³/mol. The topological polar surface area (TPSA) is 42.6 Å². The van der Waals surface area contributed by atoms with Crippen molar-refractivity contribution in [3.63, 3.8) is 0 Å². The van der Waals surface area contributed by atoms with Gasteiger partial charge in [-0.2, -0.15) is 0 Å². The molecule has 4 rings (SSSR count). The van der Waals surface area contributed by atoms with E-state index in [1.807, 2.05) is 54.6 Å². The molecular formula is C24H24Cl2O3. The van der Waals surface area contributed by atoms with Crippen LogP contribution in [0.15, 0.2) is 77.4 Å². The fraction of sp³-hybridized carbons (Fsp3) is 0.333. The van der Waals surface area contributed by atoms with Gasteiger partial charge in [0.2, 0.25) is 0 Å². The Kier molecular flexibility index (Phi) is 6.61. The summed E-state index contributed by atoms with van der Waals surface area (Å²) < 4.78 is 11.2. The van der Waals surface area contributed by atoms with Crippen molar-refractivity contribution < 1.29 is 14.3 Å². The number of aliphatic hydroxyl groups is 1. The lowest BCUT2D eigenvalue weighted by molar-refractivity contribution is 0.0734. The van der Waals surface area contributed by atoms with Crippen LogP contribution in [0.3, 0.4) is 0 Å². The third-order valence-corrected chi connectivity index (χ3v) is 6.60. The SMILES string of the molecule is OC(c1ccccc1)c1ccc(C2C(Cl)CC(Cl)C2COCc2ccco2)cc1. The first kappa shape index (κ1) is 20.5. The highest BCUT2D eigenvalue weighted by atomic mass is 35.5. The van der Waals surface area contributed by atoms with Gasteiger partial charge in [0.05, 0.1) is 12.9 Å². The first-order chi connectivity index (χ1) is 14.1. The zero-order chi connectivity index (χ0) is 20.2. The normalized spacial score (nSPS) is 25.2. The maximum atomic E-state index is 10.6. The highest BCUT2D eigenvalue weighted by molar-refractivity contribution is 6.25. The van der Waals surface area contributed by atoms with Gasteiger partial charge in [0.15, 0.2) is 0 Å². The molecule has 5 atom stereocenters. The van der Waals surface area contributed by atoms with E-state index in [1.54, 1.807) is 6.26 Å². The molecule has 0 saturated heterocycles. The molecule has 1 fully saturated rings. The summed E-state index contributed by atoms with van der Waals surface area (Å²) in [7, 11) is 0. The van der Waals surface area contributed by atoms with Crippen LogP contribution in [0.1, 0.15) is 40.9 Å². The van der Waals surface area contributed by atoms with Crippen LogP contribution < -0.4 is 0 Å². The van der Waals surface area contributed by atoms with Gasteiger partial charge >= 0.3 is 0 Å². The minimum atomic E-state index is -0.645. The van der Waals surface area contributed by atoms with Crippen molar-refractivity contribution in [3.05, 3.63) is 95.4 Å². The van der Waals surface area contributed by atoms with Crippen LogP contribution in [0, 0.1) is 5.92 Å². The number of aliphatic hydroxyl groups excluding tert-OH is 1. The Bertz CT molecular complexity index is 880. The summed E-state index contributed by atoms with van der Waals surface area (Å²) in [6.07, 6.45) is 1.74. The quantitative estimate of drug-likeness (QED) is 0.474. The average Bonchev–Trinajstić information content (AvgIpc) is 3.36. The van der Waals surface area contributed by atoms with E-state index in [0.29, 0.717) is 13.2 Å². The number of ether oxygens (including phenoxy) is 1. The smallest absolute Gasteiger partial charge is 0.129 e. The molecule has 1 aliphatic carbocycles. The van der Waals surface area contributed by atoms with Crippen molar-refractivity contribution in [2.24, 2.45) is 5.92 Å². The molecule has 152 valence electrons. The predicted octanol–water partition coefficient (Wildman–Crippen LogP) is 5.90. The van der Waals surface area contributed by atoms with Crippen LogP contribution >= 0.6 is 23.2 Å². The van der Waals surface area contributed by atoms with Crippen molar-refractivity contribution in [1.82, 2.24) is 0 Å². The molecule has 29 heavy (non-hydrogen) atoms. The second-order valence-electron chi connectivity index (χ2n) is 7.53. The second-order valence-corrected chi connectivity index (χ2v) is 8.65. The largest absolute Gasteiger partial charge is 0.467 e. The van der Waals surface area contributed by atoms with E-state index in [1.165, 1.54) is 0 Å². The van der Waals surface area contributed by atoms with Crippen LogP contribution in [-0.2, 0) is 11.3 Å². The maximum absolute atomic E-state index is 10.6. The maximum Gasteiger partial charge on any atom is 0.129 e. The molecule has 1 aromatic heterocycles. The summed E-state index contributed by atoms with van der Waals surface area (Å²) in [5, 5.41) is 10.5. The Morgan fingerprint density at radius 2 is 1.66 bits per heavy atom. The van der Waals surface area contributed by atoms with Gasteiger partial charge in [0.25, 0.3) is 0 Å². The van der Waals surface area contributed by atoms with Crippen molar-refractivity contribution in [1.29, 1.82) is 0 Å². The molecule has 5 heteroatoms. The van der Waals surface area contributed by atoms with E-state index in [0.717, 1.165) is 28.9 Å². The summed E-state index contributed by atoms with van der Waals surface area (Å²) in [4.78, 5) is 0. The Labute approximate surface area is 181 Å². The number of hydrogen-bond acceptors (Lipinski definition) is 3. The Balaban J connectivity index is 1.46. The van der Waals surface area contributed by atoms with Gasteiger partial charge in [-0.15, -0.1) is 23.2 Å². The Morgan fingerprint density at radius 1 is 0.931 bits per heavy atom. The van der Waals surface area contributed by atoms with Crippen LogP contribution in [-0.4, -0.2) is 22.5 Å². The van der Waals surface area contributed by atoms with E-state index in [9.17, 15) is 5.11 Å². The van der Waals surface area contributed by atoms with Crippen LogP contribution in [0.4, 0.5) is 0 Å². The van der Waals surface area contributed by atoms with Crippen molar-refractivity contribution in [3.8, 4) is 0 Å². The van der Waals surface area contributed by atoms with Crippen molar-refractivity contribution in [2.45, 2.75) is 35.8 Å². The highest BCUT2D eigenvalue weighted by Crippen LogP contribution is 2.46. The number of hydrogen-bond donors (Lipinski definition) is 1. The third-order valence-electron chi connectivity index (χ3n) is 5.65. The summed E-state index contributed by atoms with van der Waals surface area (Å²) in [5.74, 6) is 1.03. The molecule has 0 bridgehead atoms. The van der Waals surface area contributed by atoms with Crippen LogP contribution in [0.25, 0.3) is 0 Å². The van der Waals surface area contributed by atoms with Gasteiger partial charge in [-0.25, -0.2) is 0 Å². The molecule has 3 aromatic rings. The molecule has 1 saturated carbocycles. The van der Waals surface area contributed by atoms with Gasteiger partial charge in [0, 0.05) is 22.6 Å². The Hall–Kier alpha value is -1.78. The summed E-state index contributed by atoms with van der Waals surface area (Å²) in [5.41, 5.74) is 2.86. The molecule has 5 unspecified atom stereocenters. The number of halogens is 2. The van der Waals surface area contributed by atoms with E-state index in [2.05, 4.69) is 12.1 Å². The molecule has 0 radical (unpaired) electrons. The first-order valence-corrected chi connectivity index (χ1v) is 10.7. The van der Waals surface area contributed by atoms with Crippen LogP contribution in [0.2, 0.25) is 0 Å². The van der Waals surface area contributed by atoms with E-state index in [4.69, 9.17) is 32.4 Å². The van der Waals surface area contributed by atoms with Gasteiger partial charge in [-0.1, -0.05) is 54.6 Å². The lowest BCUT2D eigenvalue weighted by atomic mass is 9.88. The second kappa shape index (κ2) is 9.36. The van der Waals surface area contributed by atoms with Gasteiger partial charge < -0.3 is 14.3 Å². The van der Waals surface area contributed by atoms with E-state index >= 15 is 0 Å². The lowest BCUT2D eigenvalue weighted by Crippen LogP contribution is -2.22. The molecule has 0 spiro atoms. The number of furan rings is 1. The van der Waals surface area contributed by atoms with Gasteiger partial charge in [-0.05, 0) is 35.2 Å². The van der Waals surface area contributed by atoms with Crippen molar-refractivity contribution in [2.75, 3.05) is 6.61 Å². The standard InChI is InChI=1S/C24H24Cl2O3/c25-21-13-22(26)23(20(21)15-28-14-19-7-4-12-29-19)16-8-10-18(11-9-16)24(27)17-5-2-1-3-6-17/h1-12,20-24,27H,13-15H2. The molecule has 3 nitrogen and oxygen atoms in total. The number of rotatable bonds is 7. The van der Waals surface area contributed by atoms with Crippen LogP contribution in [0.5, 0.6) is 0 Å². The molecule has 1 N–H and O–H groups in total. The van der Waals surface area contributed by atoms with E-state index < -0.39 is 6.10 Å². The fourth-order valence-corrected chi connectivity index (χ4v) is 5.15. The minimum Gasteiger partial charge on any atom is -0.467 e. The van der Waals surface area contributed by atoms with Crippen molar-refractivity contribution >= 4 is 23.2 Å². The van der Waals surface area contributed by atoms with Gasteiger partial charge in [-0.3, -0.25) is 0 Å². The molecule has 1 heterocycles. The van der Waals surface area contributed by atoms with Gasteiger partial charge in [0.1, 0.15) is 18.5 Å². The number of alkyl halides is 2. The monoisotopic (exact) mass is 430 g/mol. The minimum absolute atomic E-state index is 0.0336. The summed E-state index contributed by atoms with van der Waals surface area (Å²) >= 11 is 13.3. The molecule has 0 aliphatic heterocycles. The van der Waals surface area contributed by atoms with E-state index in [-0.39, 0.29) is 22.6 Å². The molecule has 1 aliphatic rings. The summed E-state index contributed by atoms with van der Waals surface area (Å²) in [6.45, 7) is 0.951. The zero-order valence-electron chi connectivity index (χ0n) is 16.0. The zero-order valence-corrected chi connectivity index (χ0v) is 17.5. The first-order valence-electron chi connectivity index (χ1n) is 9.84. The highest BCUT2D eigenvalue weighted by Gasteiger charge is 2.42. The number of benzene rings is 2. The summed E-state index contributed by atoms with van der Waals surface area (Å²) in [6, 6.07) is 21.4. The Morgan fingerprint density at radius 3 is 2.34 bits per heavy atom. The fourth-order valence-electron chi connectivity index (χ4n) is 4.11. The lowest BCUT2D eigenvalue weighted by Gasteiger charge is -2.24. The average molecular weight is 431 g/mol. The molecule has 0 amide bonds.